The number of benzene rings is 3. The zero-order valence-corrected chi connectivity index (χ0v) is 21.0. The van der Waals surface area contributed by atoms with E-state index in [9.17, 15) is 14.9 Å². The number of hydrogen-bond acceptors (Lipinski definition) is 8. The molecule has 0 spiro atoms. The molecule has 0 N–H and O–H groups in total. The van der Waals surface area contributed by atoms with Crippen molar-refractivity contribution in [2.24, 2.45) is 5.10 Å². The average molecular weight is 517 g/mol. The molecule has 5 aromatic rings. The van der Waals surface area contributed by atoms with Crippen molar-refractivity contribution in [3.63, 3.8) is 0 Å². The molecule has 2 aromatic heterocycles. The third kappa shape index (κ3) is 4.81. The molecule has 0 aliphatic heterocycles. The number of non-ortho nitro benzene ring substituents is 1. The number of carbonyl (C=O) groups is 1. The molecule has 0 bridgehead atoms. The van der Waals surface area contributed by atoms with Gasteiger partial charge in [0.05, 0.1) is 32.8 Å². The smallest absolute Gasteiger partial charge is 0.290 e. The van der Waals surface area contributed by atoms with E-state index in [4.69, 9.17) is 4.74 Å². The highest BCUT2D eigenvalue weighted by Gasteiger charge is 2.23. The zero-order chi connectivity index (χ0) is 25.2. The van der Waals surface area contributed by atoms with Crippen molar-refractivity contribution in [1.29, 1.82) is 0 Å². The maximum atomic E-state index is 13.7. The normalized spacial score (nSPS) is 11.4. The molecule has 0 fully saturated rings. The maximum Gasteiger partial charge on any atom is 0.290 e. The van der Waals surface area contributed by atoms with Crippen LogP contribution in [0.1, 0.15) is 27.7 Å². The number of thiophene rings is 1. The van der Waals surface area contributed by atoms with Gasteiger partial charge >= 0.3 is 0 Å². The number of rotatable bonds is 7. The summed E-state index contributed by atoms with van der Waals surface area (Å²) in [5, 5.41) is 18.0. The molecule has 10 heteroatoms. The van der Waals surface area contributed by atoms with Crippen molar-refractivity contribution in [1.82, 2.24) is 4.98 Å². The van der Waals surface area contributed by atoms with Crippen molar-refractivity contribution in [3.05, 3.63) is 92.8 Å². The summed E-state index contributed by atoms with van der Waals surface area (Å²) in [6, 6.07) is 19.5. The Balaban J connectivity index is 1.54. The number of amides is 1. The number of nitro groups is 1. The second-order valence-corrected chi connectivity index (χ2v) is 10.0. The molecule has 180 valence electrons. The van der Waals surface area contributed by atoms with Crippen LogP contribution < -0.4 is 9.75 Å². The Morgan fingerprint density at radius 1 is 1.08 bits per heavy atom. The van der Waals surface area contributed by atoms with Crippen LogP contribution in [0.25, 0.3) is 20.3 Å². The van der Waals surface area contributed by atoms with Gasteiger partial charge in [0, 0.05) is 22.2 Å². The number of nitrogens with zero attached hydrogens (tertiary/aromatic N) is 4. The summed E-state index contributed by atoms with van der Waals surface area (Å²) < 4.78 is 7.22. The van der Waals surface area contributed by atoms with E-state index >= 15 is 0 Å². The monoisotopic (exact) mass is 516 g/mol. The van der Waals surface area contributed by atoms with Gasteiger partial charge in [-0.25, -0.2) is 4.98 Å². The summed E-state index contributed by atoms with van der Waals surface area (Å²) in [5.74, 6) is 0.389. The van der Waals surface area contributed by atoms with Gasteiger partial charge in [-0.2, -0.15) is 10.1 Å². The average Bonchev–Trinajstić information content (AvgIpc) is 3.48. The molecule has 0 saturated heterocycles. The fourth-order valence-corrected chi connectivity index (χ4v) is 5.58. The van der Waals surface area contributed by atoms with Crippen LogP contribution in [0.3, 0.4) is 0 Å². The quantitative estimate of drug-likeness (QED) is 0.134. The number of fused-ring (bicyclic) bond motifs is 2. The predicted octanol–water partition coefficient (Wildman–Crippen LogP) is 6.81. The van der Waals surface area contributed by atoms with E-state index in [0.717, 1.165) is 31.8 Å². The molecule has 2 heterocycles. The summed E-state index contributed by atoms with van der Waals surface area (Å²) in [7, 11) is 0. The second kappa shape index (κ2) is 9.84. The molecule has 3 aromatic carbocycles. The largest absolute Gasteiger partial charge is 0.494 e. The molecule has 0 aliphatic rings. The van der Waals surface area contributed by atoms with E-state index in [1.807, 2.05) is 56.3 Å². The maximum absolute atomic E-state index is 13.7. The second-order valence-electron chi connectivity index (χ2n) is 7.92. The Hall–Kier alpha value is -4.15. The van der Waals surface area contributed by atoms with Crippen molar-refractivity contribution >= 4 is 65.9 Å². The number of hydrazone groups is 1. The van der Waals surface area contributed by atoms with E-state index in [-0.39, 0.29) is 11.6 Å². The molecule has 5 rings (SSSR count). The predicted molar refractivity (Wildman–Crippen MR) is 145 cm³/mol. The van der Waals surface area contributed by atoms with E-state index in [2.05, 4.69) is 10.1 Å². The van der Waals surface area contributed by atoms with E-state index in [0.29, 0.717) is 22.0 Å². The first-order chi connectivity index (χ1) is 17.4. The van der Waals surface area contributed by atoms with Crippen LogP contribution in [0, 0.1) is 17.0 Å². The third-order valence-corrected chi connectivity index (χ3v) is 7.44. The molecule has 36 heavy (non-hydrogen) atoms. The summed E-state index contributed by atoms with van der Waals surface area (Å²) in [6.07, 6.45) is 1.60. The highest BCUT2D eigenvalue weighted by molar-refractivity contribution is 7.23. The number of aromatic nitrogens is 1. The number of aryl methyl sites for hydroxylation is 1. The Morgan fingerprint density at radius 3 is 2.64 bits per heavy atom. The van der Waals surface area contributed by atoms with Crippen molar-refractivity contribution in [2.75, 3.05) is 11.6 Å². The van der Waals surface area contributed by atoms with E-state index < -0.39 is 4.92 Å². The van der Waals surface area contributed by atoms with Gasteiger partial charge in [-0.1, -0.05) is 17.4 Å². The minimum atomic E-state index is -0.449. The number of hydrogen-bond donors (Lipinski definition) is 0. The van der Waals surface area contributed by atoms with Crippen LogP contribution in [0.2, 0.25) is 0 Å². The number of thiazole rings is 1. The Bertz CT molecular complexity index is 1620. The first-order valence-corrected chi connectivity index (χ1v) is 12.7. The molecule has 0 saturated carbocycles. The van der Waals surface area contributed by atoms with Crippen LogP contribution in [0.4, 0.5) is 10.8 Å². The van der Waals surface area contributed by atoms with Gasteiger partial charge in [-0.15, -0.1) is 11.3 Å². The molecular formula is C26H20N4O4S2. The molecule has 8 nitrogen and oxygen atoms in total. The standard InChI is InChI=1S/C26H20N4O4S2/c1-3-34-20-8-5-17(6-9-20)15-27-29(26-28-21-10-4-16(2)12-23(21)36-26)25(31)24-14-18-13-19(30(32)33)7-11-22(18)35-24/h4-15H,3H2,1-2H3/b27-15+. The lowest BCUT2D eigenvalue weighted by Gasteiger charge is -2.12. The van der Waals surface area contributed by atoms with E-state index in [1.54, 1.807) is 18.3 Å². The van der Waals surface area contributed by atoms with Gasteiger partial charge in [0.25, 0.3) is 11.6 Å². The fraction of sp³-hybridized carbons (Fsp3) is 0.115. The minimum Gasteiger partial charge on any atom is -0.494 e. The lowest BCUT2D eigenvalue weighted by atomic mass is 10.2. The summed E-state index contributed by atoms with van der Waals surface area (Å²) in [5.41, 5.74) is 2.65. The first kappa shape index (κ1) is 23.6. The van der Waals surface area contributed by atoms with Crippen molar-refractivity contribution in [3.8, 4) is 5.75 Å². The number of carbonyl (C=O) groups excluding carboxylic acids is 1. The van der Waals surface area contributed by atoms with Gasteiger partial charge < -0.3 is 4.74 Å². The van der Waals surface area contributed by atoms with Gasteiger partial charge in [0.2, 0.25) is 5.13 Å². The number of nitro benzene ring substituents is 1. The van der Waals surface area contributed by atoms with E-state index in [1.165, 1.54) is 39.8 Å². The Morgan fingerprint density at radius 2 is 1.89 bits per heavy atom. The highest BCUT2D eigenvalue weighted by Crippen LogP contribution is 2.34. The molecular weight excluding hydrogens is 496 g/mol. The van der Waals surface area contributed by atoms with Crippen LogP contribution in [0.5, 0.6) is 5.75 Å². The lowest BCUT2D eigenvalue weighted by Crippen LogP contribution is -2.24. The Labute approximate surface area is 214 Å². The van der Waals surface area contributed by atoms with Crippen LogP contribution >= 0.6 is 22.7 Å². The SMILES string of the molecule is CCOc1ccc(/C=N/N(C(=O)c2cc3cc([N+](=O)[O-])ccc3s2)c2nc3ccc(C)cc3s2)cc1. The minimum absolute atomic E-state index is 0.0220. The Kier molecular flexibility index (Phi) is 6.45. The van der Waals surface area contributed by atoms with Gasteiger partial charge in [-0.05, 0) is 73.5 Å². The summed E-state index contributed by atoms with van der Waals surface area (Å²) >= 11 is 2.64. The molecule has 1 amide bonds. The summed E-state index contributed by atoms with van der Waals surface area (Å²) in [6.45, 7) is 4.50. The molecule has 0 radical (unpaired) electrons. The van der Waals surface area contributed by atoms with Gasteiger partial charge in [-0.3, -0.25) is 14.9 Å². The molecule has 0 atom stereocenters. The molecule has 0 unspecified atom stereocenters. The zero-order valence-electron chi connectivity index (χ0n) is 19.4. The van der Waals surface area contributed by atoms with Crippen LogP contribution in [0.15, 0.2) is 71.8 Å². The topological polar surface area (TPSA) is 97.9 Å². The molecule has 0 aliphatic carbocycles. The third-order valence-electron chi connectivity index (χ3n) is 5.34. The van der Waals surface area contributed by atoms with Crippen LogP contribution in [-0.2, 0) is 0 Å². The number of ether oxygens (including phenoxy) is 1. The van der Waals surface area contributed by atoms with Crippen LogP contribution in [-0.4, -0.2) is 28.6 Å². The van der Waals surface area contributed by atoms with Crippen molar-refractivity contribution in [2.45, 2.75) is 13.8 Å². The van der Waals surface area contributed by atoms with Crippen molar-refractivity contribution < 1.29 is 14.5 Å². The van der Waals surface area contributed by atoms with Gasteiger partial charge in [0.1, 0.15) is 5.75 Å². The highest BCUT2D eigenvalue weighted by atomic mass is 32.1. The van der Waals surface area contributed by atoms with Gasteiger partial charge in [0.15, 0.2) is 0 Å². The number of anilines is 1. The first-order valence-electron chi connectivity index (χ1n) is 11.1. The summed E-state index contributed by atoms with van der Waals surface area (Å²) in [4.78, 5) is 29.4. The lowest BCUT2D eigenvalue weighted by molar-refractivity contribution is -0.384. The fourth-order valence-electron chi connectivity index (χ4n) is 3.59.